The van der Waals surface area contributed by atoms with Gasteiger partial charge < -0.3 is 10.2 Å². The van der Waals surface area contributed by atoms with Gasteiger partial charge >= 0.3 is 0 Å². The summed E-state index contributed by atoms with van der Waals surface area (Å²) < 4.78 is 0. The van der Waals surface area contributed by atoms with Gasteiger partial charge in [-0.2, -0.15) is 0 Å². The second-order valence-electron chi connectivity index (χ2n) is 5.92. The van der Waals surface area contributed by atoms with E-state index in [4.69, 9.17) is 0 Å². The molecule has 1 N–H and O–H groups in total. The van der Waals surface area contributed by atoms with Gasteiger partial charge in [-0.15, -0.1) is 0 Å². The van der Waals surface area contributed by atoms with Crippen molar-refractivity contribution in [2.45, 2.75) is 47.1 Å². The van der Waals surface area contributed by atoms with Crippen LogP contribution in [0.4, 0.5) is 0 Å². The summed E-state index contributed by atoms with van der Waals surface area (Å²) in [6.45, 7) is 9.13. The normalized spacial score (nSPS) is 11.1. The van der Waals surface area contributed by atoms with Gasteiger partial charge in [0.05, 0.1) is 12.2 Å². The lowest BCUT2D eigenvalue weighted by Crippen LogP contribution is -2.49. The zero-order valence-corrected chi connectivity index (χ0v) is 14.1. The van der Waals surface area contributed by atoms with Gasteiger partial charge in [-0.05, 0) is 38.8 Å². The molecule has 1 aromatic heterocycles. The van der Waals surface area contributed by atoms with E-state index in [0.717, 1.165) is 18.5 Å². The Labute approximate surface area is 133 Å². The van der Waals surface area contributed by atoms with E-state index in [2.05, 4.69) is 10.3 Å². The summed E-state index contributed by atoms with van der Waals surface area (Å²) in [5, 5.41) is 2.81. The van der Waals surface area contributed by atoms with E-state index in [1.54, 1.807) is 24.9 Å². The van der Waals surface area contributed by atoms with Gasteiger partial charge in [-0.25, -0.2) is 0 Å². The first-order valence-corrected chi connectivity index (χ1v) is 7.91. The topological polar surface area (TPSA) is 62.3 Å². The Morgan fingerprint density at radius 3 is 2.32 bits per heavy atom. The van der Waals surface area contributed by atoms with Crippen molar-refractivity contribution in [1.29, 1.82) is 0 Å². The van der Waals surface area contributed by atoms with Crippen molar-refractivity contribution < 1.29 is 9.59 Å². The van der Waals surface area contributed by atoms with Crippen LogP contribution in [0.5, 0.6) is 0 Å². The Morgan fingerprint density at radius 1 is 1.18 bits per heavy atom. The zero-order valence-electron chi connectivity index (χ0n) is 14.1. The number of hydrogen-bond donors (Lipinski definition) is 1. The summed E-state index contributed by atoms with van der Waals surface area (Å²) in [6.07, 6.45) is 3.46. The number of carbonyl (C=O) groups excluding carboxylic acids is 2. The Morgan fingerprint density at radius 2 is 1.82 bits per heavy atom. The number of rotatable bonds is 8. The number of carbonyl (C=O) groups is 2. The van der Waals surface area contributed by atoms with Crippen LogP contribution in [0.25, 0.3) is 0 Å². The predicted octanol–water partition coefficient (Wildman–Crippen LogP) is 2.37. The molecule has 0 saturated carbocycles. The van der Waals surface area contributed by atoms with Crippen molar-refractivity contribution in [2.24, 2.45) is 5.41 Å². The van der Waals surface area contributed by atoms with Crippen LogP contribution >= 0.6 is 0 Å². The molecule has 5 heteroatoms. The highest BCUT2D eigenvalue weighted by molar-refractivity contribution is 6.04. The second-order valence-corrected chi connectivity index (χ2v) is 5.92. The largest absolute Gasteiger partial charge is 0.350 e. The molecule has 0 radical (unpaired) electrons. The van der Waals surface area contributed by atoms with E-state index in [0.29, 0.717) is 19.6 Å². The number of hydrogen-bond acceptors (Lipinski definition) is 3. The lowest BCUT2D eigenvalue weighted by atomic mass is 9.90. The van der Waals surface area contributed by atoms with Crippen molar-refractivity contribution in [3.63, 3.8) is 0 Å². The molecule has 0 aromatic carbocycles. The maximum Gasteiger partial charge on any atom is 0.237 e. The van der Waals surface area contributed by atoms with Gasteiger partial charge in [0.25, 0.3) is 0 Å². The average molecular weight is 305 g/mol. The average Bonchev–Trinajstić information content (AvgIpc) is 2.52. The monoisotopic (exact) mass is 305 g/mol. The Balaban J connectivity index is 2.69. The summed E-state index contributed by atoms with van der Waals surface area (Å²) >= 11 is 0. The first-order chi connectivity index (χ1) is 10.4. The summed E-state index contributed by atoms with van der Waals surface area (Å²) in [7, 11) is 0. The highest BCUT2D eigenvalue weighted by atomic mass is 16.2. The third-order valence-corrected chi connectivity index (χ3v) is 3.53. The van der Waals surface area contributed by atoms with Gasteiger partial charge in [0, 0.05) is 19.3 Å². The molecule has 1 rings (SSSR count). The van der Waals surface area contributed by atoms with Crippen molar-refractivity contribution in [1.82, 2.24) is 15.2 Å². The van der Waals surface area contributed by atoms with Crippen LogP contribution in [0.3, 0.4) is 0 Å². The van der Waals surface area contributed by atoms with Gasteiger partial charge in [-0.3, -0.25) is 14.6 Å². The Kier molecular flexibility index (Phi) is 7.02. The summed E-state index contributed by atoms with van der Waals surface area (Å²) in [4.78, 5) is 31.0. The molecule has 0 aliphatic rings. The fourth-order valence-corrected chi connectivity index (χ4v) is 2.24. The molecule has 0 aliphatic carbocycles. The molecular formula is C17H27N3O2. The highest BCUT2D eigenvalue weighted by Gasteiger charge is 2.38. The highest BCUT2D eigenvalue weighted by Crippen LogP contribution is 2.20. The van der Waals surface area contributed by atoms with Gasteiger partial charge in [0.2, 0.25) is 11.8 Å². The van der Waals surface area contributed by atoms with Crippen LogP contribution in [0, 0.1) is 5.41 Å². The van der Waals surface area contributed by atoms with Crippen LogP contribution in [0.15, 0.2) is 24.4 Å². The van der Waals surface area contributed by atoms with Crippen molar-refractivity contribution in [2.75, 3.05) is 13.1 Å². The lowest BCUT2D eigenvalue weighted by molar-refractivity contribution is -0.148. The molecule has 1 heterocycles. The molecule has 0 fully saturated rings. The minimum atomic E-state index is -1.07. The smallest absolute Gasteiger partial charge is 0.237 e. The number of pyridine rings is 1. The van der Waals surface area contributed by atoms with Crippen LogP contribution in [-0.2, 0) is 16.1 Å². The number of nitrogens with zero attached hydrogens (tertiary/aromatic N) is 2. The quantitative estimate of drug-likeness (QED) is 0.750. The van der Waals surface area contributed by atoms with E-state index in [1.165, 1.54) is 0 Å². The fraction of sp³-hybridized carbons (Fsp3) is 0.588. The molecule has 0 spiro atoms. The molecule has 5 nitrogen and oxygen atoms in total. The standard InChI is InChI=1S/C17H27N3O2/c1-5-11-20(12-6-2)16(22)17(3,4)15(21)19-13-14-9-7-8-10-18-14/h7-10H,5-6,11-13H2,1-4H3,(H,19,21). The van der Waals surface area contributed by atoms with E-state index in [9.17, 15) is 9.59 Å². The molecule has 0 atom stereocenters. The molecule has 0 saturated heterocycles. The molecular weight excluding hydrogens is 278 g/mol. The third-order valence-electron chi connectivity index (χ3n) is 3.53. The van der Waals surface area contributed by atoms with E-state index < -0.39 is 5.41 Å². The predicted molar refractivity (Wildman–Crippen MR) is 87.0 cm³/mol. The van der Waals surface area contributed by atoms with Crippen LogP contribution in [0.1, 0.15) is 46.2 Å². The molecule has 1 aromatic rings. The molecule has 2 amide bonds. The first kappa shape index (κ1) is 18.1. The molecule has 0 bridgehead atoms. The molecule has 0 unspecified atom stereocenters. The van der Waals surface area contributed by atoms with Crippen molar-refractivity contribution in [3.8, 4) is 0 Å². The first-order valence-electron chi connectivity index (χ1n) is 7.91. The molecule has 22 heavy (non-hydrogen) atoms. The second kappa shape index (κ2) is 8.51. The fourth-order valence-electron chi connectivity index (χ4n) is 2.24. The third kappa shape index (κ3) is 4.83. The molecule has 0 aliphatic heterocycles. The number of amides is 2. The van der Waals surface area contributed by atoms with Crippen molar-refractivity contribution in [3.05, 3.63) is 30.1 Å². The van der Waals surface area contributed by atoms with Crippen LogP contribution in [0.2, 0.25) is 0 Å². The van der Waals surface area contributed by atoms with E-state index in [-0.39, 0.29) is 11.8 Å². The SMILES string of the molecule is CCCN(CCC)C(=O)C(C)(C)C(=O)NCc1ccccn1. The maximum atomic E-state index is 12.6. The van der Waals surface area contributed by atoms with E-state index in [1.807, 2.05) is 32.0 Å². The van der Waals surface area contributed by atoms with Gasteiger partial charge in [0.1, 0.15) is 5.41 Å². The minimum Gasteiger partial charge on any atom is -0.350 e. The number of aromatic nitrogens is 1. The maximum absolute atomic E-state index is 12.6. The van der Waals surface area contributed by atoms with Gasteiger partial charge in [-0.1, -0.05) is 19.9 Å². The lowest BCUT2D eigenvalue weighted by Gasteiger charge is -2.30. The van der Waals surface area contributed by atoms with Gasteiger partial charge in [0.15, 0.2) is 0 Å². The zero-order chi connectivity index (χ0) is 16.6. The van der Waals surface area contributed by atoms with Crippen molar-refractivity contribution >= 4 is 11.8 Å². The Hall–Kier alpha value is -1.91. The summed E-state index contributed by atoms with van der Waals surface area (Å²) in [5.41, 5.74) is -0.294. The summed E-state index contributed by atoms with van der Waals surface area (Å²) in [5.74, 6) is -0.380. The van der Waals surface area contributed by atoms with Crippen LogP contribution in [-0.4, -0.2) is 34.8 Å². The summed E-state index contributed by atoms with van der Waals surface area (Å²) in [6, 6.07) is 5.54. The van der Waals surface area contributed by atoms with E-state index >= 15 is 0 Å². The minimum absolute atomic E-state index is 0.116. The number of nitrogens with one attached hydrogen (secondary N) is 1. The molecule has 122 valence electrons. The van der Waals surface area contributed by atoms with Crippen LogP contribution < -0.4 is 5.32 Å². The Bertz CT molecular complexity index is 480.